The highest BCUT2D eigenvalue weighted by molar-refractivity contribution is 8.00. The normalized spacial score (nSPS) is 18.7. The molecule has 118 valence electrons. The number of piperidine rings is 1. The van der Waals surface area contributed by atoms with Crippen molar-refractivity contribution < 1.29 is 8.42 Å². The Balaban J connectivity index is 2.26. The second-order valence-electron chi connectivity index (χ2n) is 5.25. The van der Waals surface area contributed by atoms with E-state index < -0.39 is 10.0 Å². The van der Waals surface area contributed by atoms with Crippen molar-refractivity contribution in [1.29, 1.82) is 0 Å². The molecule has 2 rings (SSSR count). The summed E-state index contributed by atoms with van der Waals surface area (Å²) in [6.07, 6.45) is 4.04. The van der Waals surface area contributed by atoms with Gasteiger partial charge in [-0.15, -0.1) is 0 Å². The molecule has 0 radical (unpaired) electrons. The van der Waals surface area contributed by atoms with Crippen LogP contribution in [0.4, 0.5) is 5.69 Å². The molecule has 7 heteroatoms. The number of thioether (sulfide) groups is 1. The maximum Gasteiger partial charge on any atom is 0.242 e. The van der Waals surface area contributed by atoms with E-state index >= 15 is 0 Å². The van der Waals surface area contributed by atoms with Gasteiger partial charge in [-0.25, -0.2) is 13.1 Å². The molecule has 0 aliphatic carbocycles. The minimum atomic E-state index is -3.44. The fourth-order valence-electron chi connectivity index (χ4n) is 2.70. The number of nitrogens with zero attached hydrogens (tertiary/aromatic N) is 1. The first kappa shape index (κ1) is 16.6. The zero-order valence-electron chi connectivity index (χ0n) is 12.5. The fraction of sp³-hybridized carbons (Fsp3) is 0.571. The molecule has 0 bridgehead atoms. The lowest BCUT2D eigenvalue weighted by atomic mass is 9.95. The van der Waals surface area contributed by atoms with Gasteiger partial charge < -0.3 is 10.6 Å². The molecule has 1 fully saturated rings. The Morgan fingerprint density at radius 3 is 2.48 bits per heavy atom. The Morgan fingerprint density at radius 2 is 1.95 bits per heavy atom. The van der Waals surface area contributed by atoms with Crippen LogP contribution < -0.4 is 15.4 Å². The van der Waals surface area contributed by atoms with Gasteiger partial charge in [-0.1, -0.05) is 12.1 Å². The Bertz CT molecular complexity index is 576. The Labute approximate surface area is 131 Å². The second-order valence-corrected chi connectivity index (χ2v) is 8.38. The molecule has 21 heavy (non-hydrogen) atoms. The number of benzene rings is 1. The van der Waals surface area contributed by atoms with Gasteiger partial charge in [-0.05, 0) is 38.3 Å². The molecule has 1 aromatic carbocycles. The van der Waals surface area contributed by atoms with Crippen LogP contribution in [0, 0.1) is 0 Å². The van der Waals surface area contributed by atoms with Gasteiger partial charge in [0.15, 0.2) is 0 Å². The minimum Gasteiger partial charge on any atom is -0.370 e. The molecular weight excluding hydrogens is 306 g/mol. The first-order valence-corrected chi connectivity index (χ1v) is 9.71. The summed E-state index contributed by atoms with van der Waals surface area (Å²) in [5.41, 5.74) is 6.68. The largest absolute Gasteiger partial charge is 0.370 e. The van der Waals surface area contributed by atoms with Crippen LogP contribution in [0.1, 0.15) is 12.8 Å². The highest BCUT2D eigenvalue weighted by Crippen LogP contribution is 2.36. The SMILES string of the molecule is CNS(=O)(=O)c1ccccc1N1CCC(CN)(SC)CC1. The molecule has 0 amide bonds. The van der Waals surface area contributed by atoms with E-state index in [4.69, 9.17) is 5.73 Å². The van der Waals surface area contributed by atoms with E-state index in [1.807, 2.05) is 23.9 Å². The predicted octanol–water partition coefficient (Wildman–Crippen LogP) is 1.26. The van der Waals surface area contributed by atoms with Gasteiger partial charge in [0, 0.05) is 24.4 Å². The van der Waals surface area contributed by atoms with Crippen molar-refractivity contribution in [2.75, 3.05) is 37.8 Å². The molecule has 5 nitrogen and oxygen atoms in total. The first-order valence-electron chi connectivity index (χ1n) is 7.01. The van der Waals surface area contributed by atoms with Crippen LogP contribution in [0.5, 0.6) is 0 Å². The Morgan fingerprint density at radius 1 is 1.33 bits per heavy atom. The molecule has 0 spiro atoms. The van der Waals surface area contributed by atoms with Crippen LogP contribution in [0.2, 0.25) is 0 Å². The number of sulfonamides is 1. The maximum absolute atomic E-state index is 12.1. The van der Waals surface area contributed by atoms with Crippen LogP contribution >= 0.6 is 11.8 Å². The molecule has 1 heterocycles. The first-order chi connectivity index (χ1) is 9.98. The smallest absolute Gasteiger partial charge is 0.242 e. The van der Waals surface area contributed by atoms with Gasteiger partial charge in [-0.3, -0.25) is 0 Å². The summed E-state index contributed by atoms with van der Waals surface area (Å²) in [4.78, 5) is 2.49. The zero-order valence-corrected chi connectivity index (χ0v) is 14.1. The van der Waals surface area contributed by atoms with Gasteiger partial charge in [0.25, 0.3) is 0 Å². The Hall–Kier alpha value is -0.760. The van der Waals surface area contributed by atoms with Crippen LogP contribution in [-0.2, 0) is 10.0 Å². The minimum absolute atomic E-state index is 0.132. The third-order valence-electron chi connectivity index (χ3n) is 4.24. The van der Waals surface area contributed by atoms with Gasteiger partial charge >= 0.3 is 0 Å². The van der Waals surface area contributed by atoms with Crippen molar-refractivity contribution in [3.8, 4) is 0 Å². The topological polar surface area (TPSA) is 75.4 Å². The summed E-state index contributed by atoms with van der Waals surface area (Å²) < 4.78 is 26.8. The van der Waals surface area contributed by atoms with Gasteiger partial charge in [0.1, 0.15) is 4.90 Å². The third-order valence-corrected chi connectivity index (χ3v) is 7.15. The predicted molar refractivity (Wildman–Crippen MR) is 89.4 cm³/mol. The Kier molecular flexibility index (Phi) is 5.19. The molecule has 0 aromatic heterocycles. The average molecular weight is 329 g/mol. The fourth-order valence-corrected chi connectivity index (χ4v) is 4.41. The van der Waals surface area contributed by atoms with Crippen molar-refractivity contribution >= 4 is 27.5 Å². The summed E-state index contributed by atoms with van der Waals surface area (Å²) in [6, 6.07) is 7.16. The standard InChI is InChI=1S/C14H23N3O2S2/c1-16-21(18,19)13-6-4-3-5-12(13)17-9-7-14(11-15,20-2)8-10-17/h3-6,16H,7-11,15H2,1-2H3. The third kappa shape index (κ3) is 3.36. The van der Waals surface area contributed by atoms with E-state index in [0.29, 0.717) is 11.4 Å². The van der Waals surface area contributed by atoms with Crippen molar-refractivity contribution in [2.45, 2.75) is 22.5 Å². The van der Waals surface area contributed by atoms with Gasteiger partial charge in [0.05, 0.1) is 5.69 Å². The number of rotatable bonds is 5. The number of nitrogens with two attached hydrogens (primary N) is 1. The van der Waals surface area contributed by atoms with E-state index in [1.165, 1.54) is 7.05 Å². The molecule has 1 aromatic rings. The number of hydrogen-bond donors (Lipinski definition) is 2. The molecule has 1 saturated heterocycles. The van der Waals surface area contributed by atoms with E-state index in [1.54, 1.807) is 12.1 Å². The monoisotopic (exact) mass is 329 g/mol. The van der Waals surface area contributed by atoms with Gasteiger partial charge in [-0.2, -0.15) is 11.8 Å². The average Bonchev–Trinajstić information content (AvgIpc) is 2.55. The molecule has 0 unspecified atom stereocenters. The van der Waals surface area contributed by atoms with Crippen molar-refractivity contribution in [2.24, 2.45) is 5.73 Å². The van der Waals surface area contributed by atoms with Crippen LogP contribution in [-0.4, -0.2) is 46.1 Å². The summed E-state index contributed by atoms with van der Waals surface area (Å²) in [5, 5.41) is 0. The maximum atomic E-state index is 12.1. The molecular formula is C14H23N3O2S2. The number of hydrogen-bond acceptors (Lipinski definition) is 5. The summed E-state index contributed by atoms with van der Waals surface area (Å²) >= 11 is 1.82. The quantitative estimate of drug-likeness (QED) is 0.850. The zero-order chi connectivity index (χ0) is 15.5. The van der Waals surface area contributed by atoms with Crippen LogP contribution in [0.15, 0.2) is 29.2 Å². The molecule has 0 saturated carbocycles. The van der Waals surface area contributed by atoms with Gasteiger partial charge in [0.2, 0.25) is 10.0 Å². The highest BCUT2D eigenvalue weighted by Gasteiger charge is 2.33. The summed E-state index contributed by atoms with van der Waals surface area (Å²) in [6.45, 7) is 2.32. The lowest BCUT2D eigenvalue weighted by Crippen LogP contribution is -2.47. The van der Waals surface area contributed by atoms with Crippen molar-refractivity contribution in [3.63, 3.8) is 0 Å². The second kappa shape index (κ2) is 6.56. The number of anilines is 1. The van der Waals surface area contributed by atoms with Crippen molar-refractivity contribution in [3.05, 3.63) is 24.3 Å². The number of para-hydroxylation sites is 1. The molecule has 1 aliphatic heterocycles. The van der Waals surface area contributed by atoms with Crippen molar-refractivity contribution in [1.82, 2.24) is 4.72 Å². The molecule has 1 aliphatic rings. The summed E-state index contributed by atoms with van der Waals surface area (Å²) in [5.74, 6) is 0. The highest BCUT2D eigenvalue weighted by atomic mass is 32.2. The molecule has 3 N–H and O–H groups in total. The van der Waals surface area contributed by atoms with E-state index in [0.717, 1.165) is 31.6 Å². The van der Waals surface area contributed by atoms with E-state index in [-0.39, 0.29) is 4.75 Å². The van der Waals surface area contributed by atoms with Crippen LogP contribution in [0.3, 0.4) is 0 Å². The van der Waals surface area contributed by atoms with Crippen LogP contribution in [0.25, 0.3) is 0 Å². The summed E-state index contributed by atoms with van der Waals surface area (Å²) in [7, 11) is -2.00. The lowest BCUT2D eigenvalue weighted by molar-refractivity contribution is 0.455. The van der Waals surface area contributed by atoms with E-state index in [9.17, 15) is 8.42 Å². The van der Waals surface area contributed by atoms with E-state index in [2.05, 4.69) is 15.9 Å². The lowest BCUT2D eigenvalue weighted by Gasteiger charge is -2.41. The number of nitrogens with one attached hydrogen (secondary N) is 1. The molecule has 0 atom stereocenters.